The van der Waals surface area contributed by atoms with Gasteiger partial charge in [-0.1, -0.05) is 41.9 Å². The van der Waals surface area contributed by atoms with Gasteiger partial charge >= 0.3 is 0 Å². The number of amides is 1. The molecule has 4 rings (SSSR count). The molecule has 0 unspecified atom stereocenters. The predicted molar refractivity (Wildman–Crippen MR) is 128 cm³/mol. The van der Waals surface area contributed by atoms with Crippen molar-refractivity contribution in [2.45, 2.75) is 6.54 Å². The summed E-state index contributed by atoms with van der Waals surface area (Å²) in [5.41, 5.74) is 3.53. The molecule has 0 aliphatic heterocycles. The topological polar surface area (TPSA) is 67.0 Å². The first-order chi connectivity index (χ1) is 15.6. The van der Waals surface area contributed by atoms with E-state index in [0.29, 0.717) is 23.0 Å². The Labute approximate surface area is 191 Å². The molecule has 1 amide bonds. The highest BCUT2D eigenvalue weighted by atomic mass is 35.5. The van der Waals surface area contributed by atoms with E-state index >= 15 is 0 Å². The van der Waals surface area contributed by atoms with E-state index in [0.717, 1.165) is 22.0 Å². The lowest BCUT2D eigenvalue weighted by molar-refractivity contribution is -0.112. The third-order valence-electron chi connectivity index (χ3n) is 5.10. The Morgan fingerprint density at radius 2 is 1.81 bits per heavy atom. The summed E-state index contributed by atoms with van der Waals surface area (Å²) in [5, 5.41) is 14.1. The van der Waals surface area contributed by atoms with Crippen molar-refractivity contribution >= 4 is 40.2 Å². The number of rotatable bonds is 6. The molecule has 4 aromatic rings. The fourth-order valence-electron chi connectivity index (χ4n) is 3.48. The van der Waals surface area contributed by atoms with E-state index in [2.05, 4.69) is 9.88 Å². The minimum absolute atomic E-state index is 0.0233. The Hall–Kier alpha value is -4.01. The molecule has 0 aliphatic rings. The number of hydrogen-bond acceptors (Lipinski definition) is 3. The van der Waals surface area contributed by atoms with Crippen LogP contribution in [0.1, 0.15) is 11.1 Å². The molecule has 0 aliphatic carbocycles. The van der Waals surface area contributed by atoms with Crippen molar-refractivity contribution in [3.8, 4) is 11.8 Å². The molecule has 0 fully saturated rings. The van der Waals surface area contributed by atoms with Gasteiger partial charge in [0.1, 0.15) is 17.4 Å². The van der Waals surface area contributed by atoms with Crippen molar-refractivity contribution < 1.29 is 9.53 Å². The summed E-state index contributed by atoms with van der Waals surface area (Å²) in [4.78, 5) is 12.7. The number of nitrogens with zero attached hydrogens (tertiary/aromatic N) is 2. The van der Waals surface area contributed by atoms with Crippen LogP contribution in [0, 0.1) is 11.3 Å². The molecule has 6 heteroatoms. The number of carbonyl (C=O) groups excluding carboxylic acids is 1. The van der Waals surface area contributed by atoms with Crippen LogP contribution in [0.5, 0.6) is 5.75 Å². The highest BCUT2D eigenvalue weighted by Crippen LogP contribution is 2.25. The van der Waals surface area contributed by atoms with Crippen molar-refractivity contribution in [1.82, 2.24) is 4.57 Å². The van der Waals surface area contributed by atoms with E-state index in [1.807, 2.05) is 60.8 Å². The number of nitriles is 1. The smallest absolute Gasteiger partial charge is 0.266 e. The number of para-hydroxylation sites is 1. The normalized spacial score (nSPS) is 11.2. The number of nitrogens with one attached hydrogen (secondary N) is 1. The number of hydrogen-bond donors (Lipinski definition) is 1. The average Bonchev–Trinajstić information content (AvgIpc) is 3.16. The lowest BCUT2D eigenvalue weighted by Crippen LogP contribution is -2.13. The van der Waals surface area contributed by atoms with E-state index in [9.17, 15) is 10.1 Å². The van der Waals surface area contributed by atoms with Crippen LogP contribution in [0.2, 0.25) is 5.02 Å². The second-order valence-corrected chi connectivity index (χ2v) is 7.64. The number of halogens is 1. The Morgan fingerprint density at radius 1 is 1.09 bits per heavy atom. The Bertz CT molecular complexity index is 1330. The van der Waals surface area contributed by atoms with Gasteiger partial charge in [0.2, 0.25) is 0 Å². The number of fused-ring (bicyclic) bond motifs is 1. The fraction of sp³-hybridized carbons (Fsp3) is 0.0769. The second kappa shape index (κ2) is 9.42. The first-order valence-corrected chi connectivity index (χ1v) is 10.3. The van der Waals surface area contributed by atoms with Crippen molar-refractivity contribution in [3.63, 3.8) is 0 Å². The van der Waals surface area contributed by atoms with Gasteiger partial charge in [-0.3, -0.25) is 4.79 Å². The van der Waals surface area contributed by atoms with Gasteiger partial charge in [-0.2, -0.15) is 5.26 Å². The summed E-state index contributed by atoms with van der Waals surface area (Å²) in [7, 11) is 1.58. The Balaban J connectivity index is 1.64. The molecule has 5 nitrogen and oxygen atoms in total. The summed E-state index contributed by atoms with van der Waals surface area (Å²) in [6.07, 6.45) is 3.58. The van der Waals surface area contributed by atoms with E-state index < -0.39 is 5.91 Å². The second-order valence-electron chi connectivity index (χ2n) is 7.21. The van der Waals surface area contributed by atoms with Crippen LogP contribution in [0.4, 0.5) is 5.69 Å². The van der Waals surface area contributed by atoms with Crippen molar-refractivity contribution in [3.05, 3.63) is 101 Å². The van der Waals surface area contributed by atoms with Crippen LogP contribution >= 0.6 is 11.6 Å². The largest absolute Gasteiger partial charge is 0.497 e. The van der Waals surface area contributed by atoms with Gasteiger partial charge in [0.15, 0.2) is 0 Å². The number of carbonyl (C=O) groups is 1. The van der Waals surface area contributed by atoms with E-state index in [1.54, 1.807) is 37.5 Å². The number of methoxy groups -OCH3 is 1. The van der Waals surface area contributed by atoms with Crippen LogP contribution in [-0.2, 0) is 11.3 Å². The Morgan fingerprint density at radius 3 is 2.50 bits per heavy atom. The van der Waals surface area contributed by atoms with Gasteiger partial charge < -0.3 is 14.6 Å². The summed E-state index contributed by atoms with van der Waals surface area (Å²) in [5.74, 6) is 0.222. The van der Waals surface area contributed by atoms with E-state index in [1.165, 1.54) is 0 Å². The molecule has 0 bridgehead atoms. The van der Waals surface area contributed by atoms with Crippen LogP contribution in [-0.4, -0.2) is 17.6 Å². The molecule has 32 heavy (non-hydrogen) atoms. The van der Waals surface area contributed by atoms with Crippen molar-refractivity contribution in [2.75, 3.05) is 12.4 Å². The van der Waals surface area contributed by atoms with Crippen LogP contribution in [0.15, 0.2) is 84.6 Å². The molecule has 0 saturated heterocycles. The zero-order chi connectivity index (χ0) is 22.5. The van der Waals surface area contributed by atoms with E-state index in [4.69, 9.17) is 16.3 Å². The SMILES string of the molecule is COc1ccc(NC(=O)/C(C#N)=C/c2cn(Cc3ccc(Cl)cc3)c3ccccc23)cc1. The molecular weight excluding hydrogens is 422 g/mol. The van der Waals surface area contributed by atoms with Crippen LogP contribution in [0.25, 0.3) is 17.0 Å². The van der Waals surface area contributed by atoms with Crippen LogP contribution < -0.4 is 10.1 Å². The van der Waals surface area contributed by atoms with Gasteiger partial charge in [-0.05, 0) is 54.1 Å². The maximum atomic E-state index is 12.7. The third-order valence-corrected chi connectivity index (χ3v) is 5.35. The standard InChI is InChI=1S/C26H20ClN3O2/c1-32-23-12-10-22(11-13-23)29-26(31)19(15-28)14-20-17-30(25-5-3-2-4-24(20)25)16-18-6-8-21(27)9-7-18/h2-14,17H,16H2,1H3,(H,29,31)/b19-14+. The first-order valence-electron chi connectivity index (χ1n) is 9.97. The molecule has 0 saturated carbocycles. The third kappa shape index (κ3) is 4.66. The quantitative estimate of drug-likeness (QED) is 0.299. The molecule has 0 atom stereocenters. The molecular formula is C26H20ClN3O2. The minimum atomic E-state index is -0.466. The van der Waals surface area contributed by atoms with E-state index in [-0.39, 0.29) is 5.57 Å². The zero-order valence-corrected chi connectivity index (χ0v) is 18.1. The van der Waals surface area contributed by atoms with Crippen LogP contribution in [0.3, 0.4) is 0 Å². The number of ether oxygens (including phenoxy) is 1. The molecule has 1 heterocycles. The van der Waals surface area contributed by atoms with Gasteiger partial charge in [0, 0.05) is 39.9 Å². The summed E-state index contributed by atoms with van der Waals surface area (Å²) in [6, 6.07) is 24.6. The highest BCUT2D eigenvalue weighted by Gasteiger charge is 2.13. The van der Waals surface area contributed by atoms with Crippen molar-refractivity contribution in [1.29, 1.82) is 5.26 Å². The number of anilines is 1. The summed E-state index contributed by atoms with van der Waals surface area (Å²) in [6.45, 7) is 0.644. The highest BCUT2D eigenvalue weighted by molar-refractivity contribution is 6.30. The maximum absolute atomic E-state index is 12.7. The predicted octanol–water partition coefficient (Wildman–Crippen LogP) is 5.90. The van der Waals surface area contributed by atoms with Gasteiger partial charge in [-0.15, -0.1) is 0 Å². The number of benzene rings is 3. The lowest BCUT2D eigenvalue weighted by Gasteiger charge is -2.05. The molecule has 0 radical (unpaired) electrons. The molecule has 158 valence electrons. The molecule has 3 aromatic carbocycles. The summed E-state index contributed by atoms with van der Waals surface area (Å²) >= 11 is 6.00. The maximum Gasteiger partial charge on any atom is 0.266 e. The fourth-order valence-corrected chi connectivity index (χ4v) is 3.61. The van der Waals surface area contributed by atoms with Gasteiger partial charge in [-0.25, -0.2) is 0 Å². The van der Waals surface area contributed by atoms with Gasteiger partial charge in [0.25, 0.3) is 5.91 Å². The molecule has 1 N–H and O–H groups in total. The number of aromatic nitrogens is 1. The lowest BCUT2D eigenvalue weighted by atomic mass is 10.1. The first kappa shape index (κ1) is 21.2. The average molecular weight is 442 g/mol. The monoisotopic (exact) mass is 441 g/mol. The van der Waals surface area contributed by atoms with Gasteiger partial charge in [0.05, 0.1) is 7.11 Å². The zero-order valence-electron chi connectivity index (χ0n) is 17.4. The van der Waals surface area contributed by atoms with Crippen molar-refractivity contribution in [2.24, 2.45) is 0 Å². The molecule has 0 spiro atoms. The summed E-state index contributed by atoms with van der Waals surface area (Å²) < 4.78 is 7.23. The Kier molecular flexibility index (Phi) is 6.25. The molecule has 1 aromatic heterocycles. The minimum Gasteiger partial charge on any atom is -0.497 e.